The minimum absolute atomic E-state index is 0.0147. The molecule has 0 spiro atoms. The van der Waals surface area contributed by atoms with Crippen molar-refractivity contribution in [1.82, 2.24) is 4.98 Å². The Morgan fingerprint density at radius 2 is 2.16 bits per heavy atom. The number of nitrogens with zero attached hydrogens (tertiary/aromatic N) is 3. The van der Waals surface area contributed by atoms with Crippen LogP contribution in [0.3, 0.4) is 0 Å². The number of carboxylic acids is 1. The van der Waals surface area contributed by atoms with Gasteiger partial charge in [-0.25, -0.2) is 4.98 Å². The zero-order chi connectivity index (χ0) is 22.9. The van der Waals surface area contributed by atoms with E-state index in [1.165, 1.54) is 6.20 Å². The van der Waals surface area contributed by atoms with Crippen LogP contribution < -0.4 is 10.2 Å². The fourth-order valence-electron chi connectivity index (χ4n) is 4.14. The van der Waals surface area contributed by atoms with Crippen molar-refractivity contribution in [3.05, 3.63) is 47.7 Å². The van der Waals surface area contributed by atoms with E-state index in [2.05, 4.69) is 28.2 Å². The van der Waals surface area contributed by atoms with Gasteiger partial charge >= 0.3 is 5.97 Å². The molecule has 32 heavy (non-hydrogen) atoms. The first kappa shape index (κ1) is 23.5. The first-order chi connectivity index (χ1) is 15.5. The molecule has 170 valence electrons. The zero-order valence-electron chi connectivity index (χ0n) is 18.6. The molecule has 0 saturated carbocycles. The summed E-state index contributed by atoms with van der Waals surface area (Å²) in [6, 6.07) is 11.9. The Kier molecular flexibility index (Phi) is 8.42. The molecule has 2 heterocycles. The van der Waals surface area contributed by atoms with Gasteiger partial charge in [0.1, 0.15) is 11.9 Å². The second-order valence-corrected chi connectivity index (χ2v) is 7.83. The van der Waals surface area contributed by atoms with Crippen LogP contribution in [0.4, 0.5) is 17.2 Å². The summed E-state index contributed by atoms with van der Waals surface area (Å²) in [6.45, 7) is 4.76. The molecule has 1 aliphatic rings. The largest absolute Gasteiger partial charge is 0.481 e. The topological polar surface area (TPSA) is 108 Å². The maximum Gasteiger partial charge on any atom is 0.304 e. The molecule has 1 aromatic heterocycles. The normalized spacial score (nSPS) is 15.0. The van der Waals surface area contributed by atoms with Crippen LogP contribution in [0, 0.1) is 11.3 Å². The van der Waals surface area contributed by atoms with Crippen LogP contribution in [0.2, 0.25) is 0 Å². The van der Waals surface area contributed by atoms with Crippen molar-refractivity contribution in [2.45, 2.75) is 38.1 Å². The van der Waals surface area contributed by atoms with Crippen LogP contribution in [0.1, 0.15) is 43.2 Å². The first-order valence-corrected chi connectivity index (χ1v) is 10.9. The van der Waals surface area contributed by atoms with E-state index < -0.39 is 5.97 Å². The second-order valence-electron chi connectivity index (χ2n) is 7.83. The Morgan fingerprint density at radius 1 is 1.38 bits per heavy atom. The maximum atomic E-state index is 11.4. The van der Waals surface area contributed by atoms with Gasteiger partial charge in [-0.15, -0.1) is 0 Å². The van der Waals surface area contributed by atoms with Gasteiger partial charge in [-0.1, -0.05) is 6.07 Å². The molecule has 0 amide bonds. The summed E-state index contributed by atoms with van der Waals surface area (Å²) in [6.07, 6.45) is 3.42. The van der Waals surface area contributed by atoms with Gasteiger partial charge in [0, 0.05) is 45.0 Å². The Bertz CT molecular complexity index is 936. The number of pyridine rings is 1. The van der Waals surface area contributed by atoms with E-state index >= 15 is 0 Å². The summed E-state index contributed by atoms with van der Waals surface area (Å²) in [5.41, 5.74) is 3.25. The standard InChI is InChI=1S/C24H30N4O4/c1-3-28(20-8-10-32-11-9-20)22-6-5-18(19(16-31-2)13-24(29)30)12-21(22)27-23-7-4-17(14-25)15-26-23/h4-7,12,15,19-20H,3,8-11,13,16H2,1-2H3,(H,26,27)(H,29,30)/t19-/m0/s1. The van der Waals surface area contributed by atoms with Crippen LogP contribution in [-0.2, 0) is 14.3 Å². The molecule has 1 fully saturated rings. The van der Waals surface area contributed by atoms with Crippen molar-refractivity contribution in [2.75, 3.05) is 43.7 Å². The van der Waals surface area contributed by atoms with Gasteiger partial charge in [0.05, 0.1) is 30.0 Å². The number of anilines is 3. The number of rotatable bonds is 10. The highest BCUT2D eigenvalue weighted by Crippen LogP contribution is 2.35. The van der Waals surface area contributed by atoms with Gasteiger partial charge in [0.15, 0.2) is 0 Å². The Morgan fingerprint density at radius 3 is 2.75 bits per heavy atom. The van der Waals surface area contributed by atoms with E-state index in [0.717, 1.165) is 49.5 Å². The lowest BCUT2D eigenvalue weighted by molar-refractivity contribution is -0.137. The second kappa shape index (κ2) is 11.5. The van der Waals surface area contributed by atoms with Crippen molar-refractivity contribution in [1.29, 1.82) is 5.26 Å². The van der Waals surface area contributed by atoms with E-state index in [1.807, 2.05) is 18.2 Å². The number of ether oxygens (including phenoxy) is 2. The van der Waals surface area contributed by atoms with Crippen molar-refractivity contribution < 1.29 is 19.4 Å². The zero-order valence-corrected chi connectivity index (χ0v) is 18.6. The number of nitriles is 1. The Balaban J connectivity index is 1.99. The number of carboxylic acid groups (broad SMARTS) is 1. The van der Waals surface area contributed by atoms with Gasteiger partial charge in [-0.3, -0.25) is 4.79 Å². The predicted molar refractivity (Wildman–Crippen MR) is 122 cm³/mol. The molecule has 0 bridgehead atoms. The molecular weight excluding hydrogens is 408 g/mol. The van der Waals surface area contributed by atoms with E-state index in [0.29, 0.717) is 24.0 Å². The molecule has 2 N–H and O–H groups in total. The summed E-state index contributed by atoms with van der Waals surface area (Å²) < 4.78 is 10.8. The molecule has 1 aliphatic heterocycles. The van der Waals surface area contributed by atoms with Gasteiger partial charge in [-0.2, -0.15) is 5.26 Å². The summed E-state index contributed by atoms with van der Waals surface area (Å²) >= 11 is 0. The SMILES string of the molecule is CCN(c1ccc([C@H](COC)CC(=O)O)cc1Nc1ccc(C#N)cn1)C1CCOCC1. The number of nitrogens with one attached hydrogen (secondary N) is 1. The van der Waals surface area contributed by atoms with E-state index in [4.69, 9.17) is 14.7 Å². The summed E-state index contributed by atoms with van der Waals surface area (Å²) in [7, 11) is 1.58. The number of carbonyl (C=O) groups is 1. The third-order valence-corrected chi connectivity index (χ3v) is 5.72. The van der Waals surface area contributed by atoms with E-state index in [9.17, 15) is 9.90 Å². The monoisotopic (exact) mass is 438 g/mol. The van der Waals surface area contributed by atoms with E-state index in [-0.39, 0.29) is 12.3 Å². The molecule has 0 unspecified atom stereocenters. The van der Waals surface area contributed by atoms with Crippen LogP contribution in [0.25, 0.3) is 0 Å². The van der Waals surface area contributed by atoms with Crippen molar-refractivity contribution >= 4 is 23.2 Å². The Hall–Kier alpha value is -3.15. The summed E-state index contributed by atoms with van der Waals surface area (Å²) in [5, 5.41) is 21.8. The number of hydrogen-bond acceptors (Lipinski definition) is 7. The number of aromatic nitrogens is 1. The Labute approximate surface area is 188 Å². The van der Waals surface area contributed by atoms with Gasteiger partial charge in [-0.05, 0) is 49.6 Å². The van der Waals surface area contributed by atoms with Crippen LogP contribution >= 0.6 is 0 Å². The average Bonchev–Trinajstić information content (AvgIpc) is 2.81. The van der Waals surface area contributed by atoms with Crippen molar-refractivity contribution in [2.24, 2.45) is 0 Å². The lowest BCUT2D eigenvalue weighted by Crippen LogP contribution is -2.39. The smallest absolute Gasteiger partial charge is 0.304 e. The summed E-state index contributed by atoms with van der Waals surface area (Å²) in [5.74, 6) is -0.511. The van der Waals surface area contributed by atoms with Crippen LogP contribution in [0.15, 0.2) is 36.5 Å². The first-order valence-electron chi connectivity index (χ1n) is 10.9. The number of benzene rings is 1. The maximum absolute atomic E-state index is 11.4. The molecule has 3 rings (SSSR count). The lowest BCUT2D eigenvalue weighted by atomic mass is 9.95. The third-order valence-electron chi connectivity index (χ3n) is 5.72. The van der Waals surface area contributed by atoms with Gasteiger partial charge in [0.25, 0.3) is 0 Å². The molecule has 1 aromatic carbocycles. The molecule has 8 heteroatoms. The fraction of sp³-hybridized carbons (Fsp3) is 0.458. The van der Waals surface area contributed by atoms with Crippen molar-refractivity contribution in [3.63, 3.8) is 0 Å². The highest BCUT2D eigenvalue weighted by Gasteiger charge is 2.24. The molecule has 0 aliphatic carbocycles. The van der Waals surface area contributed by atoms with Gasteiger partial charge < -0.3 is 24.8 Å². The molecule has 1 saturated heterocycles. The minimum atomic E-state index is -0.864. The fourth-order valence-corrected chi connectivity index (χ4v) is 4.14. The molecule has 0 radical (unpaired) electrons. The quantitative estimate of drug-likeness (QED) is 0.575. The number of hydrogen-bond donors (Lipinski definition) is 2. The third kappa shape index (κ3) is 5.96. The number of methoxy groups -OCH3 is 1. The highest BCUT2D eigenvalue weighted by atomic mass is 16.5. The number of aliphatic carboxylic acids is 1. The highest BCUT2D eigenvalue weighted by molar-refractivity contribution is 5.76. The van der Waals surface area contributed by atoms with E-state index in [1.54, 1.807) is 19.2 Å². The predicted octanol–water partition coefficient (Wildman–Crippen LogP) is 3.91. The van der Waals surface area contributed by atoms with Crippen LogP contribution in [-0.4, -0.2) is 55.6 Å². The van der Waals surface area contributed by atoms with Crippen LogP contribution in [0.5, 0.6) is 0 Å². The molecule has 1 atom stereocenters. The van der Waals surface area contributed by atoms with Gasteiger partial charge in [0.2, 0.25) is 0 Å². The molecular formula is C24H30N4O4. The minimum Gasteiger partial charge on any atom is -0.481 e. The summed E-state index contributed by atoms with van der Waals surface area (Å²) in [4.78, 5) is 18.1. The average molecular weight is 439 g/mol. The lowest BCUT2D eigenvalue weighted by Gasteiger charge is -2.36. The molecule has 2 aromatic rings. The molecule has 8 nitrogen and oxygen atoms in total. The van der Waals surface area contributed by atoms with Crippen molar-refractivity contribution in [3.8, 4) is 6.07 Å².